The SMILES string of the molecule is COc1cc(Oc2cccc(F)c2)nc(N)n1. The lowest BCUT2D eigenvalue weighted by Gasteiger charge is -2.06. The minimum atomic E-state index is -0.392. The predicted molar refractivity (Wildman–Crippen MR) is 59.5 cm³/mol. The van der Waals surface area contributed by atoms with Crippen molar-refractivity contribution in [1.29, 1.82) is 0 Å². The summed E-state index contributed by atoms with van der Waals surface area (Å²) >= 11 is 0. The maximum atomic E-state index is 12.9. The van der Waals surface area contributed by atoms with Crippen LogP contribution in [0.1, 0.15) is 0 Å². The number of methoxy groups -OCH3 is 1. The van der Waals surface area contributed by atoms with Crippen molar-refractivity contribution in [2.75, 3.05) is 12.8 Å². The van der Waals surface area contributed by atoms with Crippen LogP contribution in [-0.2, 0) is 0 Å². The third-order valence-corrected chi connectivity index (χ3v) is 1.92. The van der Waals surface area contributed by atoms with Crippen molar-refractivity contribution in [1.82, 2.24) is 9.97 Å². The average Bonchev–Trinajstić information content (AvgIpc) is 2.28. The summed E-state index contributed by atoms with van der Waals surface area (Å²) in [4.78, 5) is 7.65. The fourth-order valence-corrected chi connectivity index (χ4v) is 1.23. The molecule has 0 radical (unpaired) electrons. The molecule has 0 amide bonds. The van der Waals surface area contributed by atoms with Crippen LogP contribution in [0.4, 0.5) is 10.3 Å². The smallest absolute Gasteiger partial charge is 0.227 e. The Labute approximate surface area is 97.0 Å². The number of nitrogens with zero attached hydrogens (tertiary/aromatic N) is 2. The van der Waals surface area contributed by atoms with Gasteiger partial charge in [-0.3, -0.25) is 0 Å². The molecule has 0 bridgehead atoms. The molecule has 0 unspecified atom stereocenters. The topological polar surface area (TPSA) is 70.3 Å². The summed E-state index contributed by atoms with van der Waals surface area (Å²) in [5.41, 5.74) is 5.46. The quantitative estimate of drug-likeness (QED) is 0.881. The highest BCUT2D eigenvalue weighted by Crippen LogP contribution is 2.23. The number of benzene rings is 1. The first-order chi connectivity index (χ1) is 8.17. The summed E-state index contributed by atoms with van der Waals surface area (Å²) in [6, 6.07) is 7.16. The van der Waals surface area contributed by atoms with E-state index in [0.717, 1.165) is 0 Å². The number of aromatic nitrogens is 2. The lowest BCUT2D eigenvalue weighted by Crippen LogP contribution is -1.99. The van der Waals surface area contributed by atoms with Gasteiger partial charge in [-0.15, -0.1) is 0 Å². The van der Waals surface area contributed by atoms with E-state index in [1.165, 1.54) is 31.4 Å². The predicted octanol–water partition coefficient (Wildman–Crippen LogP) is 2.00. The number of nitrogen functional groups attached to an aromatic ring is 1. The molecule has 2 rings (SSSR count). The molecule has 0 aliphatic rings. The molecule has 5 nitrogen and oxygen atoms in total. The third-order valence-electron chi connectivity index (χ3n) is 1.92. The van der Waals surface area contributed by atoms with Gasteiger partial charge < -0.3 is 15.2 Å². The zero-order valence-electron chi connectivity index (χ0n) is 9.05. The van der Waals surface area contributed by atoms with Gasteiger partial charge in [-0.2, -0.15) is 9.97 Å². The molecular formula is C11H10FN3O2. The minimum Gasteiger partial charge on any atom is -0.481 e. The van der Waals surface area contributed by atoms with Gasteiger partial charge in [0.2, 0.25) is 17.7 Å². The second kappa shape index (κ2) is 4.65. The Kier molecular flexibility index (Phi) is 3.04. The van der Waals surface area contributed by atoms with Gasteiger partial charge in [-0.05, 0) is 12.1 Å². The van der Waals surface area contributed by atoms with Crippen LogP contribution < -0.4 is 15.2 Å². The summed E-state index contributed by atoms with van der Waals surface area (Å²) < 4.78 is 23.2. The third kappa shape index (κ3) is 2.81. The largest absolute Gasteiger partial charge is 0.481 e. The van der Waals surface area contributed by atoms with Gasteiger partial charge in [0.15, 0.2) is 0 Å². The fourth-order valence-electron chi connectivity index (χ4n) is 1.23. The summed E-state index contributed by atoms with van der Waals surface area (Å²) in [5.74, 6) is 0.432. The van der Waals surface area contributed by atoms with Crippen molar-refractivity contribution in [2.45, 2.75) is 0 Å². The highest BCUT2D eigenvalue weighted by Gasteiger charge is 2.05. The molecule has 0 atom stereocenters. The summed E-state index contributed by atoms with van der Waals surface area (Å²) in [5, 5.41) is 0. The van der Waals surface area contributed by atoms with E-state index in [-0.39, 0.29) is 17.7 Å². The minimum absolute atomic E-state index is 0.0238. The lowest BCUT2D eigenvalue weighted by molar-refractivity contribution is 0.389. The molecule has 1 aromatic carbocycles. The van der Waals surface area contributed by atoms with E-state index < -0.39 is 5.82 Å². The van der Waals surface area contributed by atoms with Crippen molar-refractivity contribution >= 4 is 5.95 Å². The summed E-state index contributed by atoms with van der Waals surface area (Å²) in [6.45, 7) is 0. The van der Waals surface area contributed by atoms with E-state index in [2.05, 4.69) is 9.97 Å². The fraction of sp³-hybridized carbons (Fsp3) is 0.0909. The Morgan fingerprint density at radius 3 is 2.65 bits per heavy atom. The van der Waals surface area contributed by atoms with E-state index in [1.54, 1.807) is 6.07 Å². The van der Waals surface area contributed by atoms with Crippen LogP contribution in [0.15, 0.2) is 30.3 Å². The Bertz CT molecular complexity index is 534. The standard InChI is InChI=1S/C11H10FN3O2/c1-16-9-6-10(15-11(13)14-9)17-8-4-2-3-7(12)5-8/h2-6H,1H3,(H2,13,14,15). The maximum absolute atomic E-state index is 12.9. The van der Waals surface area contributed by atoms with Gasteiger partial charge >= 0.3 is 0 Å². The van der Waals surface area contributed by atoms with Crippen molar-refractivity contribution in [3.05, 3.63) is 36.1 Å². The van der Waals surface area contributed by atoms with E-state index in [4.69, 9.17) is 15.2 Å². The molecule has 88 valence electrons. The van der Waals surface area contributed by atoms with Crippen LogP contribution >= 0.6 is 0 Å². The van der Waals surface area contributed by atoms with Crippen molar-refractivity contribution in [2.24, 2.45) is 0 Å². The molecule has 2 aromatic rings. The van der Waals surface area contributed by atoms with Gasteiger partial charge in [0, 0.05) is 6.07 Å². The van der Waals surface area contributed by atoms with E-state index >= 15 is 0 Å². The van der Waals surface area contributed by atoms with Crippen molar-refractivity contribution < 1.29 is 13.9 Å². The van der Waals surface area contributed by atoms with E-state index in [1.807, 2.05) is 0 Å². The molecule has 0 spiro atoms. The van der Waals surface area contributed by atoms with Gasteiger partial charge in [-0.25, -0.2) is 4.39 Å². The zero-order valence-corrected chi connectivity index (χ0v) is 9.05. The molecule has 0 fully saturated rings. The maximum Gasteiger partial charge on any atom is 0.227 e. The van der Waals surface area contributed by atoms with Crippen molar-refractivity contribution in [3.8, 4) is 17.5 Å². The van der Waals surface area contributed by atoms with E-state index in [0.29, 0.717) is 5.75 Å². The second-order valence-corrected chi connectivity index (χ2v) is 3.17. The lowest BCUT2D eigenvalue weighted by atomic mass is 10.3. The molecule has 0 saturated carbocycles. The van der Waals surface area contributed by atoms with Crippen LogP contribution in [0, 0.1) is 5.82 Å². The van der Waals surface area contributed by atoms with Gasteiger partial charge in [-0.1, -0.05) is 6.07 Å². The number of halogens is 1. The molecule has 6 heteroatoms. The van der Waals surface area contributed by atoms with Crippen LogP contribution in [0.2, 0.25) is 0 Å². The normalized spacial score (nSPS) is 10.0. The van der Waals surface area contributed by atoms with Crippen LogP contribution in [-0.4, -0.2) is 17.1 Å². The number of hydrogen-bond donors (Lipinski definition) is 1. The summed E-state index contributed by atoms with van der Waals surface area (Å²) in [7, 11) is 1.45. The highest BCUT2D eigenvalue weighted by atomic mass is 19.1. The Morgan fingerprint density at radius 2 is 1.94 bits per heavy atom. The second-order valence-electron chi connectivity index (χ2n) is 3.17. The van der Waals surface area contributed by atoms with Crippen LogP contribution in [0.3, 0.4) is 0 Å². The zero-order chi connectivity index (χ0) is 12.3. The van der Waals surface area contributed by atoms with Crippen molar-refractivity contribution in [3.63, 3.8) is 0 Å². The monoisotopic (exact) mass is 235 g/mol. The highest BCUT2D eigenvalue weighted by molar-refractivity contribution is 5.33. The average molecular weight is 235 g/mol. The number of nitrogens with two attached hydrogens (primary N) is 1. The molecule has 1 heterocycles. The van der Waals surface area contributed by atoms with Gasteiger partial charge in [0.25, 0.3) is 0 Å². The molecule has 2 N–H and O–H groups in total. The Morgan fingerprint density at radius 1 is 1.18 bits per heavy atom. The van der Waals surface area contributed by atoms with Crippen LogP contribution in [0.25, 0.3) is 0 Å². The van der Waals surface area contributed by atoms with Gasteiger partial charge in [0.1, 0.15) is 11.6 Å². The Balaban J connectivity index is 2.26. The molecule has 0 saturated heterocycles. The molecule has 0 aliphatic carbocycles. The van der Waals surface area contributed by atoms with Crippen LogP contribution in [0.5, 0.6) is 17.5 Å². The Hall–Kier alpha value is -2.37. The summed E-state index contributed by atoms with van der Waals surface area (Å²) in [6.07, 6.45) is 0. The molecular weight excluding hydrogens is 225 g/mol. The molecule has 1 aromatic heterocycles. The first-order valence-corrected chi connectivity index (χ1v) is 4.79. The van der Waals surface area contributed by atoms with Gasteiger partial charge in [0.05, 0.1) is 13.2 Å². The first-order valence-electron chi connectivity index (χ1n) is 4.79. The van der Waals surface area contributed by atoms with E-state index in [9.17, 15) is 4.39 Å². The number of hydrogen-bond acceptors (Lipinski definition) is 5. The number of rotatable bonds is 3. The number of ether oxygens (including phenoxy) is 2. The number of anilines is 1. The molecule has 17 heavy (non-hydrogen) atoms. The molecule has 0 aliphatic heterocycles. The first kappa shape index (κ1) is 11.1.